The summed E-state index contributed by atoms with van der Waals surface area (Å²) < 4.78 is 0. The second kappa shape index (κ2) is 4.89. The number of nitrogens with zero attached hydrogens (tertiary/aromatic N) is 1. The first-order chi connectivity index (χ1) is 11.8. The number of rotatable bonds is 0. The maximum atomic E-state index is 11.0. The minimum absolute atomic E-state index is 0.133. The number of fused-ring (bicyclic) bond motifs is 6. The standard InChI is InChI=1S/C21H32N2O2/c1-19-10-12-11-22-23-17(12)8-13(19)4-5-14-15(19)6-7-20(2)16(14)9-18(24)21(20,3)25/h11,13-16,18,24-25H,4-10H2,1-3H3,(H,22,23)/t13-,14+,15-,16-,18-,19-,20-,21-/m0/s1. The molecule has 4 aliphatic carbocycles. The lowest BCUT2D eigenvalue weighted by atomic mass is 9.44. The second-order valence-electron chi connectivity index (χ2n) is 10.3. The van der Waals surface area contributed by atoms with Gasteiger partial charge in [-0.2, -0.15) is 5.10 Å². The molecule has 25 heavy (non-hydrogen) atoms. The van der Waals surface area contributed by atoms with E-state index >= 15 is 0 Å². The van der Waals surface area contributed by atoms with Gasteiger partial charge in [0.25, 0.3) is 0 Å². The number of aliphatic hydroxyl groups excluding tert-OH is 1. The molecule has 3 fully saturated rings. The van der Waals surface area contributed by atoms with Crippen LogP contribution in [0.5, 0.6) is 0 Å². The van der Waals surface area contributed by atoms with Crippen LogP contribution in [-0.2, 0) is 12.8 Å². The number of aromatic nitrogens is 2. The number of H-pyrrole nitrogens is 1. The number of hydrogen-bond donors (Lipinski definition) is 3. The molecule has 4 aliphatic rings. The minimum Gasteiger partial charge on any atom is -0.390 e. The third kappa shape index (κ3) is 1.88. The Kier molecular flexibility index (Phi) is 3.19. The average Bonchev–Trinajstić information content (AvgIpc) is 3.07. The molecule has 0 saturated heterocycles. The van der Waals surface area contributed by atoms with Crippen LogP contribution in [-0.4, -0.2) is 32.1 Å². The maximum absolute atomic E-state index is 11.0. The van der Waals surface area contributed by atoms with Crippen molar-refractivity contribution in [2.24, 2.45) is 34.5 Å². The van der Waals surface area contributed by atoms with E-state index in [-0.39, 0.29) is 5.41 Å². The molecule has 1 heterocycles. The Morgan fingerprint density at radius 3 is 2.76 bits per heavy atom. The Morgan fingerprint density at radius 1 is 1.16 bits per heavy atom. The normalized spacial score (nSPS) is 54.4. The van der Waals surface area contributed by atoms with Crippen LogP contribution in [0, 0.1) is 34.5 Å². The molecular weight excluding hydrogens is 312 g/mol. The van der Waals surface area contributed by atoms with Gasteiger partial charge in [0.15, 0.2) is 0 Å². The minimum atomic E-state index is -0.940. The van der Waals surface area contributed by atoms with Crippen molar-refractivity contribution in [3.8, 4) is 0 Å². The summed E-state index contributed by atoms with van der Waals surface area (Å²) in [5.41, 5.74) is 2.06. The van der Waals surface area contributed by atoms with Crippen LogP contribution in [0.1, 0.15) is 64.1 Å². The average molecular weight is 344 g/mol. The molecule has 0 unspecified atom stereocenters. The van der Waals surface area contributed by atoms with Crippen molar-refractivity contribution >= 4 is 0 Å². The third-order valence-electron chi connectivity index (χ3n) is 9.57. The summed E-state index contributed by atoms with van der Waals surface area (Å²) in [4.78, 5) is 0. The summed E-state index contributed by atoms with van der Waals surface area (Å²) in [6.45, 7) is 6.65. The van der Waals surface area contributed by atoms with Crippen LogP contribution in [0.15, 0.2) is 6.20 Å². The molecule has 8 atom stereocenters. The zero-order valence-electron chi connectivity index (χ0n) is 15.8. The lowest BCUT2D eigenvalue weighted by molar-refractivity contribution is -0.155. The molecule has 0 bridgehead atoms. The first kappa shape index (κ1) is 16.3. The topological polar surface area (TPSA) is 69.1 Å². The molecule has 5 rings (SSSR count). The van der Waals surface area contributed by atoms with Crippen molar-refractivity contribution < 1.29 is 10.2 Å². The van der Waals surface area contributed by atoms with Crippen LogP contribution in [0.4, 0.5) is 0 Å². The Morgan fingerprint density at radius 2 is 1.96 bits per heavy atom. The number of aliphatic hydroxyl groups is 2. The van der Waals surface area contributed by atoms with Gasteiger partial charge in [0.2, 0.25) is 0 Å². The summed E-state index contributed by atoms with van der Waals surface area (Å²) in [7, 11) is 0. The van der Waals surface area contributed by atoms with Gasteiger partial charge in [-0.1, -0.05) is 13.8 Å². The Balaban J connectivity index is 1.51. The predicted molar refractivity (Wildman–Crippen MR) is 95.9 cm³/mol. The van der Waals surface area contributed by atoms with Gasteiger partial charge < -0.3 is 10.2 Å². The molecule has 3 saturated carbocycles. The molecule has 1 aromatic heterocycles. The van der Waals surface area contributed by atoms with E-state index in [0.717, 1.165) is 31.6 Å². The monoisotopic (exact) mass is 344 g/mol. The summed E-state index contributed by atoms with van der Waals surface area (Å²) in [6, 6.07) is 0. The fourth-order valence-corrected chi connectivity index (χ4v) is 7.70. The summed E-state index contributed by atoms with van der Waals surface area (Å²) in [5, 5.41) is 29.1. The van der Waals surface area contributed by atoms with Crippen LogP contribution >= 0.6 is 0 Å². The zero-order valence-corrected chi connectivity index (χ0v) is 15.8. The Bertz CT molecular complexity index is 698. The van der Waals surface area contributed by atoms with Gasteiger partial charge in [-0.25, -0.2) is 0 Å². The van der Waals surface area contributed by atoms with Gasteiger partial charge in [-0.15, -0.1) is 0 Å². The highest BCUT2D eigenvalue weighted by atomic mass is 16.3. The van der Waals surface area contributed by atoms with Crippen LogP contribution in [0.25, 0.3) is 0 Å². The quantitative estimate of drug-likeness (QED) is 0.677. The molecule has 0 aromatic carbocycles. The Hall–Kier alpha value is -0.870. The molecule has 4 nitrogen and oxygen atoms in total. The zero-order chi connectivity index (χ0) is 17.6. The number of hydrogen-bond acceptors (Lipinski definition) is 3. The number of nitrogens with one attached hydrogen (secondary N) is 1. The van der Waals surface area contributed by atoms with E-state index in [2.05, 4.69) is 24.0 Å². The van der Waals surface area contributed by atoms with Crippen LogP contribution < -0.4 is 0 Å². The van der Waals surface area contributed by atoms with Gasteiger partial charge in [0.05, 0.1) is 17.9 Å². The predicted octanol–water partition coefficient (Wildman–Crippen LogP) is 3.09. The van der Waals surface area contributed by atoms with Crippen LogP contribution in [0.2, 0.25) is 0 Å². The van der Waals surface area contributed by atoms with Crippen molar-refractivity contribution in [1.82, 2.24) is 10.2 Å². The van der Waals surface area contributed by atoms with Crippen molar-refractivity contribution in [3.05, 3.63) is 17.5 Å². The molecule has 0 aliphatic heterocycles. The SMILES string of the molecule is C[C@]12Cc3cn[nH]c3C[C@@H]1CC[C@@H]1[C@@H]2CC[C@@]2(C)[C@H]1C[C@H](O)[C@]2(C)O. The highest BCUT2D eigenvalue weighted by Crippen LogP contribution is 2.67. The summed E-state index contributed by atoms with van der Waals surface area (Å²) >= 11 is 0. The first-order valence-corrected chi connectivity index (χ1v) is 10.2. The van der Waals surface area contributed by atoms with Gasteiger partial charge in [0, 0.05) is 11.1 Å². The fourth-order valence-electron chi connectivity index (χ4n) is 7.70. The molecule has 0 amide bonds. The van der Waals surface area contributed by atoms with E-state index in [1.807, 2.05) is 13.1 Å². The summed E-state index contributed by atoms with van der Waals surface area (Å²) in [6.07, 6.45) is 9.32. The maximum Gasteiger partial charge on any atom is 0.0933 e. The van der Waals surface area contributed by atoms with Crippen molar-refractivity contribution in [2.75, 3.05) is 0 Å². The van der Waals surface area contributed by atoms with Gasteiger partial charge in [0.1, 0.15) is 0 Å². The van der Waals surface area contributed by atoms with E-state index < -0.39 is 11.7 Å². The molecule has 1 aromatic rings. The smallest absolute Gasteiger partial charge is 0.0933 e. The third-order valence-corrected chi connectivity index (χ3v) is 9.57. The van der Waals surface area contributed by atoms with E-state index in [1.165, 1.54) is 30.5 Å². The van der Waals surface area contributed by atoms with E-state index in [0.29, 0.717) is 23.2 Å². The Labute approximate surface area is 150 Å². The second-order valence-corrected chi connectivity index (χ2v) is 10.3. The molecule has 4 heteroatoms. The van der Waals surface area contributed by atoms with E-state index in [4.69, 9.17) is 0 Å². The van der Waals surface area contributed by atoms with Crippen molar-refractivity contribution in [3.63, 3.8) is 0 Å². The summed E-state index contributed by atoms with van der Waals surface area (Å²) in [5.74, 6) is 2.57. The molecule has 3 N–H and O–H groups in total. The van der Waals surface area contributed by atoms with Gasteiger partial charge >= 0.3 is 0 Å². The van der Waals surface area contributed by atoms with Gasteiger partial charge in [-0.3, -0.25) is 5.10 Å². The fraction of sp³-hybridized carbons (Fsp3) is 0.857. The van der Waals surface area contributed by atoms with Gasteiger partial charge in [-0.05, 0) is 86.5 Å². The molecule has 0 spiro atoms. The number of aromatic amines is 1. The molecule has 138 valence electrons. The highest BCUT2D eigenvalue weighted by molar-refractivity contribution is 5.26. The van der Waals surface area contributed by atoms with Crippen molar-refractivity contribution in [2.45, 2.75) is 77.4 Å². The molecular formula is C21H32N2O2. The van der Waals surface area contributed by atoms with E-state index in [9.17, 15) is 10.2 Å². The lowest BCUT2D eigenvalue weighted by Gasteiger charge is -2.60. The van der Waals surface area contributed by atoms with Crippen LogP contribution in [0.3, 0.4) is 0 Å². The molecule has 0 radical (unpaired) electrons. The largest absolute Gasteiger partial charge is 0.390 e. The van der Waals surface area contributed by atoms with E-state index in [1.54, 1.807) is 0 Å². The first-order valence-electron chi connectivity index (χ1n) is 10.2. The lowest BCUT2D eigenvalue weighted by Crippen LogP contribution is -2.57. The van der Waals surface area contributed by atoms with Crippen molar-refractivity contribution in [1.29, 1.82) is 0 Å². The highest BCUT2D eigenvalue weighted by Gasteiger charge is 2.66.